The highest BCUT2D eigenvalue weighted by Crippen LogP contribution is 2.23. The summed E-state index contributed by atoms with van der Waals surface area (Å²) in [7, 11) is -3.62. The van der Waals surface area contributed by atoms with Gasteiger partial charge in [0.2, 0.25) is 0 Å². The minimum Gasteiger partial charge on any atom is -0.494 e. The SMILES string of the molecule is CCOc1ccc(S(=O)(=O)n2ccc(C)n2)cc1C. The maximum absolute atomic E-state index is 12.3. The molecule has 0 aliphatic heterocycles. The second kappa shape index (κ2) is 5.05. The van der Waals surface area contributed by atoms with Crippen LogP contribution in [-0.2, 0) is 10.0 Å². The van der Waals surface area contributed by atoms with E-state index in [9.17, 15) is 8.42 Å². The third-order valence-corrected chi connectivity index (χ3v) is 4.24. The number of aryl methyl sites for hydroxylation is 2. The first-order valence-corrected chi connectivity index (χ1v) is 7.40. The molecule has 0 unspecified atom stereocenters. The van der Waals surface area contributed by atoms with Gasteiger partial charge in [0.25, 0.3) is 10.0 Å². The summed E-state index contributed by atoms with van der Waals surface area (Å²) >= 11 is 0. The van der Waals surface area contributed by atoms with Gasteiger partial charge in [-0.3, -0.25) is 0 Å². The van der Waals surface area contributed by atoms with Crippen molar-refractivity contribution in [3.8, 4) is 5.75 Å². The molecular formula is C13H16N2O3S. The molecule has 0 aliphatic rings. The topological polar surface area (TPSA) is 61.2 Å². The molecule has 0 radical (unpaired) electrons. The summed E-state index contributed by atoms with van der Waals surface area (Å²) in [5.74, 6) is 0.693. The molecule has 0 bridgehead atoms. The van der Waals surface area contributed by atoms with Crippen LogP contribution in [0.25, 0.3) is 0 Å². The van der Waals surface area contributed by atoms with E-state index in [1.54, 1.807) is 25.1 Å². The zero-order valence-electron chi connectivity index (χ0n) is 11.1. The van der Waals surface area contributed by atoms with Crippen molar-refractivity contribution in [1.29, 1.82) is 0 Å². The lowest BCUT2D eigenvalue weighted by Gasteiger charge is -2.09. The van der Waals surface area contributed by atoms with Crippen LogP contribution in [0.3, 0.4) is 0 Å². The largest absolute Gasteiger partial charge is 0.494 e. The lowest BCUT2D eigenvalue weighted by Crippen LogP contribution is -2.14. The zero-order valence-corrected chi connectivity index (χ0v) is 11.9. The summed E-state index contributed by atoms with van der Waals surface area (Å²) in [5, 5.41) is 3.94. The standard InChI is InChI=1S/C13H16N2O3S/c1-4-18-13-6-5-12(9-10(13)2)19(16,17)15-8-7-11(3)14-15/h5-9H,4H2,1-3H3. The maximum atomic E-state index is 12.3. The fraction of sp³-hybridized carbons (Fsp3) is 0.308. The number of hydrogen-bond donors (Lipinski definition) is 0. The predicted octanol–water partition coefficient (Wildman–Crippen LogP) is 2.14. The first kappa shape index (κ1) is 13.6. The van der Waals surface area contributed by atoms with Crippen LogP contribution in [0.4, 0.5) is 0 Å². The average molecular weight is 280 g/mol. The molecule has 0 N–H and O–H groups in total. The van der Waals surface area contributed by atoms with Crippen molar-refractivity contribution < 1.29 is 13.2 Å². The van der Waals surface area contributed by atoms with Crippen molar-refractivity contribution in [3.63, 3.8) is 0 Å². The summed E-state index contributed by atoms with van der Waals surface area (Å²) in [4.78, 5) is 0.205. The molecule has 5 nitrogen and oxygen atoms in total. The Hall–Kier alpha value is -1.82. The molecule has 2 rings (SSSR count). The van der Waals surface area contributed by atoms with Crippen LogP contribution in [0.1, 0.15) is 18.2 Å². The summed E-state index contributed by atoms with van der Waals surface area (Å²) in [6.45, 7) is 6.00. The third-order valence-electron chi connectivity index (χ3n) is 2.69. The first-order valence-electron chi connectivity index (χ1n) is 5.96. The van der Waals surface area contributed by atoms with Gasteiger partial charge in [-0.25, -0.2) is 0 Å². The van der Waals surface area contributed by atoms with Crippen molar-refractivity contribution in [2.24, 2.45) is 0 Å². The van der Waals surface area contributed by atoms with Crippen LogP contribution in [0.5, 0.6) is 5.75 Å². The Bertz CT molecular complexity index is 690. The number of hydrogen-bond acceptors (Lipinski definition) is 4. The Morgan fingerprint density at radius 2 is 2.00 bits per heavy atom. The maximum Gasteiger partial charge on any atom is 0.282 e. The first-order chi connectivity index (χ1) is 8.95. The van der Waals surface area contributed by atoms with Crippen LogP contribution in [0.15, 0.2) is 35.4 Å². The monoisotopic (exact) mass is 280 g/mol. The number of benzene rings is 1. The molecule has 1 heterocycles. The minimum atomic E-state index is -3.62. The van der Waals surface area contributed by atoms with Gasteiger partial charge in [-0.05, 0) is 50.6 Å². The highest BCUT2D eigenvalue weighted by Gasteiger charge is 2.18. The van der Waals surface area contributed by atoms with Gasteiger partial charge in [-0.15, -0.1) is 0 Å². The zero-order chi connectivity index (χ0) is 14.0. The number of aromatic nitrogens is 2. The van der Waals surface area contributed by atoms with Crippen LogP contribution in [0.2, 0.25) is 0 Å². The Kier molecular flexibility index (Phi) is 3.61. The Morgan fingerprint density at radius 3 is 2.53 bits per heavy atom. The lowest BCUT2D eigenvalue weighted by molar-refractivity contribution is 0.337. The molecule has 0 fully saturated rings. The van der Waals surface area contributed by atoms with Gasteiger partial charge in [0.1, 0.15) is 5.75 Å². The lowest BCUT2D eigenvalue weighted by atomic mass is 10.2. The summed E-state index contributed by atoms with van der Waals surface area (Å²) < 4.78 is 31.0. The van der Waals surface area contributed by atoms with E-state index in [0.29, 0.717) is 18.1 Å². The fourth-order valence-electron chi connectivity index (χ4n) is 1.74. The van der Waals surface area contributed by atoms with E-state index in [4.69, 9.17) is 4.74 Å². The van der Waals surface area contributed by atoms with E-state index in [1.165, 1.54) is 12.3 Å². The van der Waals surface area contributed by atoms with Gasteiger partial charge in [-0.2, -0.15) is 17.6 Å². The van der Waals surface area contributed by atoms with Crippen molar-refractivity contribution in [3.05, 3.63) is 41.7 Å². The van der Waals surface area contributed by atoms with Gasteiger partial charge < -0.3 is 4.74 Å². The molecule has 1 aromatic carbocycles. The van der Waals surface area contributed by atoms with Gasteiger partial charge in [0.15, 0.2) is 0 Å². The van der Waals surface area contributed by atoms with E-state index >= 15 is 0 Å². The molecular weight excluding hydrogens is 264 g/mol. The second-order valence-electron chi connectivity index (χ2n) is 4.20. The molecule has 0 saturated heterocycles. The van der Waals surface area contributed by atoms with Crippen molar-refractivity contribution >= 4 is 10.0 Å². The van der Waals surface area contributed by atoms with Crippen molar-refractivity contribution in [1.82, 2.24) is 9.19 Å². The van der Waals surface area contributed by atoms with Gasteiger partial charge in [-0.1, -0.05) is 0 Å². The molecule has 2 aromatic rings. The molecule has 0 aliphatic carbocycles. The van der Waals surface area contributed by atoms with E-state index in [-0.39, 0.29) is 4.90 Å². The van der Waals surface area contributed by atoms with Gasteiger partial charge >= 0.3 is 0 Å². The average Bonchev–Trinajstić information content (AvgIpc) is 2.79. The number of nitrogens with zero attached hydrogens (tertiary/aromatic N) is 2. The summed E-state index contributed by atoms with van der Waals surface area (Å²) in [6, 6.07) is 6.45. The van der Waals surface area contributed by atoms with Gasteiger partial charge in [0, 0.05) is 6.20 Å². The molecule has 1 aromatic heterocycles. The predicted molar refractivity (Wildman–Crippen MR) is 71.9 cm³/mol. The normalized spacial score (nSPS) is 11.5. The second-order valence-corrected chi connectivity index (χ2v) is 5.99. The third kappa shape index (κ3) is 2.63. The highest BCUT2D eigenvalue weighted by molar-refractivity contribution is 7.89. The summed E-state index contributed by atoms with van der Waals surface area (Å²) in [5.41, 5.74) is 1.44. The fourth-order valence-corrected chi connectivity index (χ4v) is 2.97. The van der Waals surface area contributed by atoms with Gasteiger partial charge in [0.05, 0.1) is 17.2 Å². The van der Waals surface area contributed by atoms with Crippen LogP contribution >= 0.6 is 0 Å². The van der Waals surface area contributed by atoms with E-state index in [0.717, 1.165) is 9.65 Å². The van der Waals surface area contributed by atoms with Crippen molar-refractivity contribution in [2.75, 3.05) is 6.61 Å². The van der Waals surface area contributed by atoms with E-state index in [2.05, 4.69) is 5.10 Å². The quantitative estimate of drug-likeness (QED) is 0.861. The Labute approximate surface area is 112 Å². The van der Waals surface area contributed by atoms with Crippen LogP contribution in [0, 0.1) is 13.8 Å². The molecule has 0 amide bonds. The number of ether oxygens (including phenoxy) is 1. The van der Waals surface area contributed by atoms with Crippen LogP contribution in [-0.4, -0.2) is 24.2 Å². The molecule has 0 spiro atoms. The molecule has 19 heavy (non-hydrogen) atoms. The molecule has 6 heteroatoms. The highest BCUT2D eigenvalue weighted by atomic mass is 32.2. The minimum absolute atomic E-state index is 0.205. The van der Waals surface area contributed by atoms with Crippen LogP contribution < -0.4 is 4.74 Å². The Balaban J connectivity index is 2.44. The molecule has 102 valence electrons. The van der Waals surface area contributed by atoms with Crippen molar-refractivity contribution in [2.45, 2.75) is 25.7 Å². The molecule has 0 saturated carbocycles. The Morgan fingerprint density at radius 1 is 1.26 bits per heavy atom. The molecule has 0 atom stereocenters. The summed E-state index contributed by atoms with van der Waals surface area (Å²) in [6.07, 6.45) is 1.44. The van der Waals surface area contributed by atoms with E-state index < -0.39 is 10.0 Å². The van der Waals surface area contributed by atoms with E-state index in [1.807, 2.05) is 13.8 Å². The number of rotatable bonds is 4. The smallest absolute Gasteiger partial charge is 0.282 e.